The van der Waals surface area contributed by atoms with Crippen molar-refractivity contribution in [3.05, 3.63) is 53.6 Å². The van der Waals surface area contributed by atoms with Gasteiger partial charge in [-0.05, 0) is 49.4 Å². The zero-order valence-electron chi connectivity index (χ0n) is 17.0. The highest BCUT2D eigenvalue weighted by atomic mass is 19.3. The van der Waals surface area contributed by atoms with Gasteiger partial charge in [-0.15, -0.1) is 0 Å². The van der Waals surface area contributed by atoms with Gasteiger partial charge >= 0.3 is 12.6 Å². The Balaban J connectivity index is 1.90. The number of quaternary nitrogens is 1. The summed E-state index contributed by atoms with van der Waals surface area (Å²) in [5, 5.41) is 2.77. The zero-order chi connectivity index (χ0) is 22.1. The number of anilines is 1. The summed E-state index contributed by atoms with van der Waals surface area (Å²) < 4.78 is 39.2. The van der Waals surface area contributed by atoms with Crippen molar-refractivity contribution >= 4 is 17.6 Å². The van der Waals surface area contributed by atoms with Gasteiger partial charge in [0.25, 0.3) is 5.91 Å². The second-order valence-electron chi connectivity index (χ2n) is 6.52. The Kier molecular flexibility index (Phi) is 8.54. The van der Waals surface area contributed by atoms with Crippen LogP contribution >= 0.6 is 0 Å². The molecule has 0 aliphatic heterocycles. The fourth-order valence-corrected chi connectivity index (χ4v) is 2.81. The molecule has 0 radical (unpaired) electrons. The van der Waals surface area contributed by atoms with E-state index >= 15 is 0 Å². The second-order valence-corrected chi connectivity index (χ2v) is 6.52. The molecule has 1 amide bonds. The number of hydrogen-bond donors (Lipinski definition) is 2. The Hall–Kier alpha value is -3.20. The minimum Gasteiger partial charge on any atom is -0.493 e. The van der Waals surface area contributed by atoms with E-state index in [1.54, 1.807) is 43.3 Å². The molecule has 0 saturated carbocycles. The number of hydrogen-bond acceptors (Lipinski definition) is 5. The molecule has 2 aromatic rings. The molecule has 2 N–H and O–H groups in total. The first kappa shape index (κ1) is 23.1. The molecule has 0 fully saturated rings. The Morgan fingerprint density at radius 1 is 1.10 bits per heavy atom. The van der Waals surface area contributed by atoms with Crippen molar-refractivity contribution in [2.45, 2.75) is 20.1 Å². The Morgan fingerprint density at radius 3 is 2.40 bits per heavy atom. The first-order valence-corrected chi connectivity index (χ1v) is 9.32. The quantitative estimate of drug-likeness (QED) is 0.573. The highest BCUT2D eigenvalue weighted by Crippen LogP contribution is 2.29. The van der Waals surface area contributed by atoms with Crippen LogP contribution in [0, 0.1) is 0 Å². The van der Waals surface area contributed by atoms with Crippen molar-refractivity contribution in [3.8, 4) is 11.5 Å². The number of halogens is 2. The third kappa shape index (κ3) is 7.00. The minimum absolute atomic E-state index is 0.0436. The van der Waals surface area contributed by atoms with Crippen molar-refractivity contribution in [1.82, 2.24) is 0 Å². The lowest BCUT2D eigenvalue weighted by molar-refractivity contribution is -0.885. The fourth-order valence-electron chi connectivity index (χ4n) is 2.81. The van der Waals surface area contributed by atoms with Crippen LogP contribution in [0.2, 0.25) is 0 Å². The van der Waals surface area contributed by atoms with Crippen molar-refractivity contribution < 1.29 is 37.5 Å². The predicted octanol–water partition coefficient (Wildman–Crippen LogP) is 2.13. The largest absolute Gasteiger partial charge is 0.493 e. The van der Waals surface area contributed by atoms with Crippen molar-refractivity contribution in [2.24, 2.45) is 0 Å². The third-order valence-electron chi connectivity index (χ3n) is 4.09. The lowest BCUT2D eigenvalue weighted by Crippen LogP contribution is -3.08. The number of carbonyl (C=O) groups excluding carboxylic acids is 2. The molecule has 0 spiro atoms. The standard InChI is InChI=1S/C21H24F2N2O5/c1-4-29-20(27)15-6-8-16(9-7-15)24-19(26)13-25(2)12-14-5-10-17(30-21(22)23)18(11-14)28-3/h5-11,21H,4,12-13H2,1-3H3,(H,24,26)/p+1. The van der Waals surface area contributed by atoms with E-state index in [-0.39, 0.29) is 24.0 Å². The summed E-state index contributed by atoms with van der Waals surface area (Å²) in [6.45, 7) is -0.265. The zero-order valence-corrected chi connectivity index (χ0v) is 17.0. The van der Waals surface area contributed by atoms with Crippen LogP contribution in [0.1, 0.15) is 22.8 Å². The Labute approximate surface area is 173 Å². The number of alkyl halides is 2. The lowest BCUT2D eigenvalue weighted by atomic mass is 10.2. The van der Waals surface area contributed by atoms with Crippen LogP contribution in [0.5, 0.6) is 11.5 Å². The average molecular weight is 423 g/mol. The van der Waals surface area contributed by atoms with Gasteiger partial charge < -0.3 is 24.4 Å². The van der Waals surface area contributed by atoms with E-state index in [4.69, 9.17) is 9.47 Å². The van der Waals surface area contributed by atoms with Crippen LogP contribution in [0.4, 0.5) is 14.5 Å². The molecule has 0 bridgehead atoms. The summed E-state index contributed by atoms with van der Waals surface area (Å²) in [6, 6.07) is 11.1. The van der Waals surface area contributed by atoms with Gasteiger partial charge in [-0.25, -0.2) is 4.79 Å². The van der Waals surface area contributed by atoms with E-state index < -0.39 is 12.6 Å². The summed E-state index contributed by atoms with van der Waals surface area (Å²) >= 11 is 0. The van der Waals surface area contributed by atoms with Gasteiger partial charge in [-0.1, -0.05) is 0 Å². The van der Waals surface area contributed by atoms with E-state index in [0.29, 0.717) is 24.4 Å². The number of benzene rings is 2. The minimum atomic E-state index is -2.94. The molecular formula is C21H25F2N2O5+. The molecule has 7 nitrogen and oxygen atoms in total. The molecular weight excluding hydrogens is 398 g/mol. The summed E-state index contributed by atoms with van der Waals surface area (Å²) in [6.07, 6.45) is 0. The van der Waals surface area contributed by atoms with Crippen LogP contribution in [-0.2, 0) is 16.1 Å². The van der Waals surface area contributed by atoms with Gasteiger partial charge in [-0.3, -0.25) is 4.79 Å². The maximum absolute atomic E-state index is 12.4. The number of ether oxygens (including phenoxy) is 3. The number of esters is 1. The monoisotopic (exact) mass is 423 g/mol. The normalized spacial score (nSPS) is 11.7. The molecule has 162 valence electrons. The van der Waals surface area contributed by atoms with Crippen LogP contribution < -0.4 is 19.7 Å². The number of rotatable bonds is 10. The number of amides is 1. The van der Waals surface area contributed by atoms with Crippen LogP contribution in [0.3, 0.4) is 0 Å². The molecule has 0 saturated heterocycles. The highest BCUT2D eigenvalue weighted by Gasteiger charge is 2.15. The van der Waals surface area contributed by atoms with E-state index in [2.05, 4.69) is 10.1 Å². The molecule has 1 atom stereocenters. The fraction of sp³-hybridized carbons (Fsp3) is 0.333. The topological polar surface area (TPSA) is 78.3 Å². The van der Waals surface area contributed by atoms with Crippen molar-refractivity contribution in [3.63, 3.8) is 0 Å². The van der Waals surface area contributed by atoms with Gasteiger partial charge in [-0.2, -0.15) is 8.78 Å². The van der Waals surface area contributed by atoms with Crippen LogP contribution in [0.15, 0.2) is 42.5 Å². The van der Waals surface area contributed by atoms with Crippen LogP contribution in [-0.4, -0.2) is 45.8 Å². The third-order valence-corrected chi connectivity index (χ3v) is 4.09. The SMILES string of the molecule is CCOC(=O)c1ccc(NC(=O)C[NH+](C)Cc2ccc(OC(F)F)c(OC)c2)cc1. The molecule has 30 heavy (non-hydrogen) atoms. The number of likely N-dealkylation sites (N-methyl/N-ethyl adjacent to an activating group) is 1. The van der Waals surface area contributed by atoms with E-state index in [0.717, 1.165) is 10.5 Å². The molecule has 1 unspecified atom stereocenters. The molecule has 0 aromatic heterocycles. The summed E-state index contributed by atoms with van der Waals surface area (Å²) in [5.41, 5.74) is 1.78. The van der Waals surface area contributed by atoms with Gasteiger partial charge in [0, 0.05) is 11.3 Å². The summed E-state index contributed by atoms with van der Waals surface area (Å²) in [5.74, 6) is -0.467. The second kappa shape index (κ2) is 11.1. The molecule has 0 aliphatic carbocycles. The molecule has 0 aliphatic rings. The maximum atomic E-state index is 12.4. The van der Waals surface area contributed by atoms with Crippen LogP contribution in [0.25, 0.3) is 0 Å². The van der Waals surface area contributed by atoms with Gasteiger partial charge in [0.15, 0.2) is 18.0 Å². The van der Waals surface area contributed by atoms with Gasteiger partial charge in [0.2, 0.25) is 0 Å². The molecule has 2 rings (SSSR count). The van der Waals surface area contributed by atoms with Crippen molar-refractivity contribution in [2.75, 3.05) is 32.6 Å². The smallest absolute Gasteiger partial charge is 0.387 e. The molecule has 9 heteroatoms. The van der Waals surface area contributed by atoms with E-state index in [1.807, 2.05) is 7.05 Å². The van der Waals surface area contributed by atoms with E-state index in [9.17, 15) is 18.4 Å². The summed E-state index contributed by atoms with van der Waals surface area (Å²) in [4.78, 5) is 24.8. The lowest BCUT2D eigenvalue weighted by Gasteiger charge is -2.16. The number of methoxy groups -OCH3 is 1. The Bertz CT molecular complexity index is 859. The number of carbonyl (C=O) groups is 2. The number of nitrogens with one attached hydrogen (secondary N) is 2. The predicted molar refractivity (Wildman–Crippen MR) is 106 cm³/mol. The van der Waals surface area contributed by atoms with E-state index in [1.165, 1.54) is 13.2 Å². The maximum Gasteiger partial charge on any atom is 0.387 e. The van der Waals surface area contributed by atoms with Gasteiger partial charge in [0.1, 0.15) is 6.54 Å². The molecule has 2 aromatic carbocycles. The Morgan fingerprint density at radius 2 is 1.80 bits per heavy atom. The first-order valence-electron chi connectivity index (χ1n) is 9.32. The molecule has 0 heterocycles. The van der Waals surface area contributed by atoms with Crippen molar-refractivity contribution in [1.29, 1.82) is 0 Å². The summed E-state index contributed by atoms with van der Waals surface area (Å²) in [7, 11) is 3.20. The average Bonchev–Trinajstić information content (AvgIpc) is 2.69. The highest BCUT2D eigenvalue weighted by molar-refractivity contribution is 5.93. The first-order chi connectivity index (χ1) is 14.3. The van der Waals surface area contributed by atoms with Gasteiger partial charge in [0.05, 0.1) is 26.3 Å².